The van der Waals surface area contributed by atoms with Crippen molar-refractivity contribution in [2.75, 3.05) is 0 Å². The SMILES string of the molecule is CCn1c(Cc2cccc(C)c2C)cc(=O)c(C(=O)O)c1-c1ccc(Cl)c(Cl)c1. The van der Waals surface area contributed by atoms with Gasteiger partial charge in [0.2, 0.25) is 0 Å². The van der Waals surface area contributed by atoms with Gasteiger partial charge in [0, 0.05) is 30.3 Å². The lowest BCUT2D eigenvalue weighted by Crippen LogP contribution is -2.23. The smallest absolute Gasteiger partial charge is 0.341 e. The van der Waals surface area contributed by atoms with Crippen LogP contribution in [-0.4, -0.2) is 15.6 Å². The number of hydrogen-bond donors (Lipinski definition) is 1. The predicted octanol–water partition coefficient (Wildman–Crippen LogP) is 5.75. The van der Waals surface area contributed by atoms with Gasteiger partial charge >= 0.3 is 5.97 Å². The molecule has 0 aliphatic carbocycles. The molecule has 1 aromatic heterocycles. The second-order valence-corrected chi connectivity index (χ2v) is 7.75. The molecule has 4 nitrogen and oxygen atoms in total. The van der Waals surface area contributed by atoms with Crippen molar-refractivity contribution in [3.05, 3.63) is 90.7 Å². The van der Waals surface area contributed by atoms with Gasteiger partial charge in [-0.3, -0.25) is 4.79 Å². The average molecular weight is 430 g/mol. The molecule has 0 aliphatic heterocycles. The van der Waals surface area contributed by atoms with Crippen LogP contribution in [0, 0.1) is 13.8 Å². The number of benzene rings is 2. The Morgan fingerprint density at radius 1 is 1.07 bits per heavy atom. The molecule has 0 aliphatic rings. The van der Waals surface area contributed by atoms with Crippen LogP contribution in [0.15, 0.2) is 47.3 Å². The Labute approximate surface area is 179 Å². The zero-order valence-electron chi connectivity index (χ0n) is 16.4. The molecule has 0 unspecified atom stereocenters. The lowest BCUT2D eigenvalue weighted by molar-refractivity contribution is 0.0695. The van der Waals surface area contributed by atoms with Gasteiger partial charge in [-0.15, -0.1) is 0 Å². The van der Waals surface area contributed by atoms with Crippen molar-refractivity contribution in [3.8, 4) is 11.3 Å². The zero-order chi connectivity index (χ0) is 21.3. The number of halogens is 2. The van der Waals surface area contributed by atoms with Crippen LogP contribution < -0.4 is 5.43 Å². The maximum atomic E-state index is 12.8. The van der Waals surface area contributed by atoms with E-state index in [1.54, 1.807) is 18.2 Å². The Morgan fingerprint density at radius 3 is 2.41 bits per heavy atom. The Kier molecular flexibility index (Phi) is 6.15. The van der Waals surface area contributed by atoms with Gasteiger partial charge < -0.3 is 9.67 Å². The number of aromatic nitrogens is 1. The molecule has 0 radical (unpaired) electrons. The molecule has 3 aromatic rings. The van der Waals surface area contributed by atoms with E-state index in [9.17, 15) is 14.7 Å². The number of carbonyl (C=O) groups is 1. The monoisotopic (exact) mass is 429 g/mol. The third-order valence-corrected chi connectivity index (χ3v) is 5.95. The van der Waals surface area contributed by atoms with Crippen LogP contribution in [0.3, 0.4) is 0 Å². The quantitative estimate of drug-likeness (QED) is 0.561. The maximum absolute atomic E-state index is 12.8. The molecule has 3 rings (SSSR count). The fourth-order valence-corrected chi connectivity index (χ4v) is 3.85. The van der Waals surface area contributed by atoms with Gasteiger partial charge in [-0.1, -0.05) is 47.5 Å². The summed E-state index contributed by atoms with van der Waals surface area (Å²) in [5.41, 5.74) is 4.25. The minimum Gasteiger partial charge on any atom is -0.477 e. The molecule has 0 saturated heterocycles. The Bertz CT molecular complexity index is 1170. The standard InChI is InChI=1S/C23H21Cl2NO3/c1-4-26-17(10-15-7-5-6-13(2)14(15)3)12-20(27)21(23(28)29)22(26)16-8-9-18(24)19(25)11-16/h5-9,11-12H,4,10H2,1-3H3,(H,28,29). The van der Waals surface area contributed by atoms with Gasteiger partial charge in [-0.2, -0.15) is 0 Å². The first-order chi connectivity index (χ1) is 13.7. The summed E-state index contributed by atoms with van der Waals surface area (Å²) in [5.74, 6) is -1.27. The highest BCUT2D eigenvalue weighted by Crippen LogP contribution is 2.31. The summed E-state index contributed by atoms with van der Waals surface area (Å²) in [5, 5.41) is 10.4. The van der Waals surface area contributed by atoms with E-state index in [0.29, 0.717) is 34.3 Å². The molecule has 0 fully saturated rings. The average Bonchev–Trinajstić information content (AvgIpc) is 2.67. The Balaban J connectivity index is 2.30. The van der Waals surface area contributed by atoms with Gasteiger partial charge in [0.1, 0.15) is 5.56 Å². The van der Waals surface area contributed by atoms with Crippen LogP contribution in [0.1, 0.15) is 39.7 Å². The van der Waals surface area contributed by atoms with Crippen LogP contribution in [0.25, 0.3) is 11.3 Å². The van der Waals surface area contributed by atoms with E-state index in [1.165, 1.54) is 11.6 Å². The highest BCUT2D eigenvalue weighted by molar-refractivity contribution is 6.42. The number of carboxylic acid groups (broad SMARTS) is 1. The normalized spacial score (nSPS) is 10.9. The van der Waals surface area contributed by atoms with E-state index in [2.05, 4.69) is 0 Å². The van der Waals surface area contributed by atoms with E-state index in [4.69, 9.17) is 23.2 Å². The van der Waals surface area contributed by atoms with Gasteiger partial charge in [-0.25, -0.2) is 4.79 Å². The highest BCUT2D eigenvalue weighted by Gasteiger charge is 2.22. The van der Waals surface area contributed by atoms with Crippen molar-refractivity contribution in [1.29, 1.82) is 0 Å². The van der Waals surface area contributed by atoms with Crippen LogP contribution in [0.2, 0.25) is 10.0 Å². The van der Waals surface area contributed by atoms with Crippen molar-refractivity contribution >= 4 is 29.2 Å². The van der Waals surface area contributed by atoms with Gasteiger partial charge in [-0.05, 0) is 49.6 Å². The van der Waals surface area contributed by atoms with E-state index >= 15 is 0 Å². The van der Waals surface area contributed by atoms with Crippen LogP contribution in [-0.2, 0) is 13.0 Å². The first kappa shape index (κ1) is 21.2. The minimum absolute atomic E-state index is 0.269. The molecular formula is C23H21Cl2NO3. The number of pyridine rings is 1. The summed E-state index contributed by atoms with van der Waals surface area (Å²) in [4.78, 5) is 24.7. The molecular weight excluding hydrogens is 409 g/mol. The molecule has 29 heavy (non-hydrogen) atoms. The zero-order valence-corrected chi connectivity index (χ0v) is 17.9. The van der Waals surface area contributed by atoms with Crippen molar-refractivity contribution in [2.45, 2.75) is 33.7 Å². The predicted molar refractivity (Wildman–Crippen MR) is 118 cm³/mol. The number of aromatic carboxylic acids is 1. The van der Waals surface area contributed by atoms with E-state index in [0.717, 1.165) is 16.8 Å². The summed E-state index contributed by atoms with van der Waals surface area (Å²) in [6.07, 6.45) is 0.519. The first-order valence-corrected chi connectivity index (χ1v) is 10.0. The molecule has 0 amide bonds. The molecule has 0 bridgehead atoms. The van der Waals surface area contributed by atoms with Crippen molar-refractivity contribution < 1.29 is 9.90 Å². The third-order valence-electron chi connectivity index (χ3n) is 5.21. The van der Waals surface area contributed by atoms with E-state index < -0.39 is 11.4 Å². The van der Waals surface area contributed by atoms with Crippen molar-refractivity contribution in [1.82, 2.24) is 4.57 Å². The Morgan fingerprint density at radius 2 is 1.79 bits per heavy atom. The summed E-state index contributed by atoms with van der Waals surface area (Å²) >= 11 is 12.2. The Hall–Kier alpha value is -2.56. The molecule has 2 aromatic carbocycles. The fraction of sp³-hybridized carbons (Fsp3) is 0.217. The van der Waals surface area contributed by atoms with Crippen LogP contribution in [0.5, 0.6) is 0 Å². The largest absolute Gasteiger partial charge is 0.477 e. The topological polar surface area (TPSA) is 59.3 Å². The van der Waals surface area contributed by atoms with E-state index in [-0.39, 0.29) is 5.56 Å². The third kappa shape index (κ3) is 4.09. The number of carboxylic acids is 1. The number of aryl methyl sites for hydroxylation is 1. The van der Waals surface area contributed by atoms with Crippen molar-refractivity contribution in [3.63, 3.8) is 0 Å². The lowest BCUT2D eigenvalue weighted by Gasteiger charge is -2.21. The van der Waals surface area contributed by atoms with Crippen molar-refractivity contribution in [2.24, 2.45) is 0 Å². The maximum Gasteiger partial charge on any atom is 0.341 e. The lowest BCUT2D eigenvalue weighted by atomic mass is 9.97. The summed E-state index contributed by atoms with van der Waals surface area (Å²) in [6, 6.07) is 12.4. The highest BCUT2D eigenvalue weighted by atomic mass is 35.5. The number of rotatable bonds is 5. The molecule has 0 saturated carbocycles. The summed E-state index contributed by atoms with van der Waals surface area (Å²) < 4.78 is 1.87. The minimum atomic E-state index is -1.27. The second kappa shape index (κ2) is 8.44. The molecule has 6 heteroatoms. The summed E-state index contributed by atoms with van der Waals surface area (Å²) in [7, 11) is 0. The molecule has 1 heterocycles. The number of nitrogens with zero attached hydrogens (tertiary/aromatic N) is 1. The molecule has 0 atom stereocenters. The molecule has 150 valence electrons. The van der Waals surface area contributed by atoms with Gasteiger partial charge in [0.05, 0.1) is 15.7 Å². The first-order valence-electron chi connectivity index (χ1n) is 9.25. The second-order valence-electron chi connectivity index (χ2n) is 6.94. The molecule has 1 N–H and O–H groups in total. The van der Waals surface area contributed by atoms with Crippen LogP contribution >= 0.6 is 23.2 Å². The molecule has 0 spiro atoms. The van der Waals surface area contributed by atoms with E-state index in [1.807, 2.05) is 43.5 Å². The number of hydrogen-bond acceptors (Lipinski definition) is 2. The van der Waals surface area contributed by atoms with Gasteiger partial charge in [0.15, 0.2) is 5.43 Å². The van der Waals surface area contributed by atoms with Gasteiger partial charge in [0.25, 0.3) is 0 Å². The summed E-state index contributed by atoms with van der Waals surface area (Å²) in [6.45, 7) is 6.50. The fourth-order valence-electron chi connectivity index (χ4n) is 3.55. The van der Waals surface area contributed by atoms with Crippen LogP contribution in [0.4, 0.5) is 0 Å².